The number of aromatic nitrogens is 4. The molecule has 0 unspecified atom stereocenters. The zero-order valence-corrected chi connectivity index (χ0v) is 9.62. The van der Waals surface area contributed by atoms with E-state index in [9.17, 15) is 4.39 Å². The van der Waals surface area contributed by atoms with Gasteiger partial charge in [0, 0.05) is 12.4 Å². The topological polar surface area (TPSA) is 90.7 Å². The number of nitrogen functional groups attached to an aromatic ring is 1. The van der Waals surface area contributed by atoms with E-state index in [1.54, 1.807) is 18.2 Å². The number of halogens is 1. The molecule has 0 bridgehead atoms. The van der Waals surface area contributed by atoms with Crippen molar-refractivity contribution in [3.05, 3.63) is 42.5 Å². The van der Waals surface area contributed by atoms with Gasteiger partial charge in [0.25, 0.3) is 5.89 Å². The molecule has 0 atom stereocenters. The van der Waals surface area contributed by atoms with Crippen LogP contribution in [0, 0.1) is 5.82 Å². The van der Waals surface area contributed by atoms with Crippen molar-refractivity contribution >= 4 is 5.82 Å². The van der Waals surface area contributed by atoms with Crippen molar-refractivity contribution in [1.29, 1.82) is 0 Å². The molecule has 0 saturated carbocycles. The van der Waals surface area contributed by atoms with Crippen LogP contribution in [-0.4, -0.2) is 20.1 Å². The lowest BCUT2D eigenvalue weighted by Gasteiger charge is -1.96. The predicted molar refractivity (Wildman–Crippen MR) is 65.1 cm³/mol. The quantitative estimate of drug-likeness (QED) is 0.754. The van der Waals surface area contributed by atoms with Crippen LogP contribution in [0.25, 0.3) is 23.0 Å². The predicted octanol–water partition coefficient (Wildman–Crippen LogP) is 1.91. The van der Waals surface area contributed by atoms with Gasteiger partial charge >= 0.3 is 0 Å². The molecule has 2 heterocycles. The molecule has 94 valence electrons. The summed E-state index contributed by atoms with van der Waals surface area (Å²) < 4.78 is 18.6. The number of hydrogen-bond donors (Lipinski definition) is 1. The maximum Gasteiger partial charge on any atom is 0.280 e. The van der Waals surface area contributed by atoms with Crippen molar-refractivity contribution in [3.8, 4) is 23.0 Å². The molecule has 19 heavy (non-hydrogen) atoms. The fourth-order valence-electron chi connectivity index (χ4n) is 1.59. The van der Waals surface area contributed by atoms with Crippen molar-refractivity contribution < 1.29 is 8.91 Å². The van der Waals surface area contributed by atoms with Crippen LogP contribution in [0.1, 0.15) is 0 Å². The van der Waals surface area contributed by atoms with E-state index >= 15 is 0 Å². The number of anilines is 1. The lowest BCUT2D eigenvalue weighted by molar-refractivity contribution is 0.430. The number of benzene rings is 1. The van der Waals surface area contributed by atoms with Crippen molar-refractivity contribution in [2.45, 2.75) is 0 Å². The average molecular weight is 257 g/mol. The largest absolute Gasteiger partial charge is 0.382 e. The number of rotatable bonds is 2. The molecule has 7 heteroatoms. The van der Waals surface area contributed by atoms with Gasteiger partial charge < -0.3 is 10.3 Å². The van der Waals surface area contributed by atoms with Gasteiger partial charge in [-0.3, -0.25) is 0 Å². The van der Waals surface area contributed by atoms with Crippen molar-refractivity contribution in [2.24, 2.45) is 0 Å². The highest BCUT2D eigenvalue weighted by Gasteiger charge is 2.16. The Morgan fingerprint density at radius 2 is 1.89 bits per heavy atom. The number of nitrogens with zero attached hydrogens (tertiary/aromatic N) is 4. The van der Waals surface area contributed by atoms with E-state index in [0.29, 0.717) is 0 Å². The summed E-state index contributed by atoms with van der Waals surface area (Å²) in [5.41, 5.74) is 6.18. The van der Waals surface area contributed by atoms with Crippen LogP contribution in [0.4, 0.5) is 10.2 Å². The van der Waals surface area contributed by atoms with Crippen LogP contribution in [-0.2, 0) is 0 Å². The first-order chi connectivity index (χ1) is 9.25. The Morgan fingerprint density at radius 1 is 1.11 bits per heavy atom. The molecule has 2 N–H and O–H groups in total. The summed E-state index contributed by atoms with van der Waals surface area (Å²) in [7, 11) is 0. The lowest BCUT2D eigenvalue weighted by atomic mass is 10.2. The van der Waals surface area contributed by atoms with Gasteiger partial charge in [0.05, 0.1) is 5.56 Å². The highest BCUT2D eigenvalue weighted by molar-refractivity contribution is 5.64. The standard InChI is InChI=1S/C12H8FN5O/c13-8-4-2-1-3-7(8)11-17-12(19-18-11)9-10(14)16-6-5-15-9/h1-6H,(H2,14,16). The van der Waals surface area contributed by atoms with Crippen LogP contribution >= 0.6 is 0 Å². The highest BCUT2D eigenvalue weighted by atomic mass is 19.1. The van der Waals surface area contributed by atoms with Gasteiger partial charge in [0.15, 0.2) is 11.5 Å². The Kier molecular flexibility index (Phi) is 2.64. The summed E-state index contributed by atoms with van der Waals surface area (Å²) in [6.45, 7) is 0. The molecule has 2 aromatic heterocycles. The second-order valence-electron chi connectivity index (χ2n) is 3.69. The minimum atomic E-state index is -0.429. The van der Waals surface area contributed by atoms with Gasteiger partial charge in [0.1, 0.15) is 5.82 Å². The maximum absolute atomic E-state index is 13.6. The van der Waals surface area contributed by atoms with E-state index in [1.165, 1.54) is 18.5 Å². The molecule has 3 rings (SSSR count). The minimum Gasteiger partial charge on any atom is -0.382 e. The van der Waals surface area contributed by atoms with Crippen molar-refractivity contribution in [3.63, 3.8) is 0 Å². The molecule has 0 saturated heterocycles. The normalized spacial score (nSPS) is 10.6. The van der Waals surface area contributed by atoms with Gasteiger partial charge in [-0.05, 0) is 12.1 Å². The third-order valence-corrected chi connectivity index (χ3v) is 2.47. The molecular formula is C12H8FN5O. The second kappa shape index (κ2) is 4.45. The van der Waals surface area contributed by atoms with Crippen LogP contribution in [0.5, 0.6) is 0 Å². The Balaban J connectivity index is 2.06. The second-order valence-corrected chi connectivity index (χ2v) is 3.69. The molecule has 6 nitrogen and oxygen atoms in total. The van der Waals surface area contributed by atoms with E-state index in [2.05, 4.69) is 20.1 Å². The number of nitrogens with two attached hydrogens (primary N) is 1. The highest BCUT2D eigenvalue weighted by Crippen LogP contribution is 2.24. The minimum absolute atomic E-state index is 0.101. The van der Waals surface area contributed by atoms with Crippen LogP contribution in [0.3, 0.4) is 0 Å². The first-order valence-corrected chi connectivity index (χ1v) is 5.41. The van der Waals surface area contributed by atoms with E-state index in [4.69, 9.17) is 10.3 Å². The van der Waals surface area contributed by atoms with Gasteiger partial charge in [-0.2, -0.15) is 4.98 Å². The van der Waals surface area contributed by atoms with Gasteiger partial charge in [0.2, 0.25) is 5.82 Å². The van der Waals surface area contributed by atoms with Crippen molar-refractivity contribution in [2.75, 3.05) is 5.73 Å². The molecule has 1 aromatic carbocycles. The summed E-state index contributed by atoms with van der Waals surface area (Å²) in [6.07, 6.45) is 2.91. The molecular weight excluding hydrogens is 249 g/mol. The molecule has 0 aliphatic heterocycles. The van der Waals surface area contributed by atoms with Gasteiger partial charge in [-0.25, -0.2) is 14.4 Å². The van der Waals surface area contributed by atoms with E-state index in [1.807, 2.05) is 0 Å². The average Bonchev–Trinajstić information content (AvgIpc) is 2.89. The summed E-state index contributed by atoms with van der Waals surface area (Å²) >= 11 is 0. The first-order valence-electron chi connectivity index (χ1n) is 5.41. The first kappa shape index (κ1) is 11.3. The fraction of sp³-hybridized carbons (Fsp3) is 0. The molecule has 0 radical (unpaired) electrons. The molecule has 3 aromatic rings. The van der Waals surface area contributed by atoms with Crippen LogP contribution in [0.15, 0.2) is 41.2 Å². The van der Waals surface area contributed by atoms with Crippen molar-refractivity contribution in [1.82, 2.24) is 20.1 Å². The smallest absolute Gasteiger partial charge is 0.280 e. The molecule has 0 spiro atoms. The molecule has 0 aliphatic rings. The van der Waals surface area contributed by atoms with E-state index in [-0.39, 0.29) is 28.8 Å². The lowest BCUT2D eigenvalue weighted by Crippen LogP contribution is -1.96. The summed E-state index contributed by atoms with van der Waals surface area (Å²) in [5, 5.41) is 3.72. The fourth-order valence-corrected chi connectivity index (χ4v) is 1.59. The maximum atomic E-state index is 13.6. The third-order valence-electron chi connectivity index (χ3n) is 2.47. The van der Waals surface area contributed by atoms with Gasteiger partial charge in [-0.15, -0.1) is 0 Å². The zero-order valence-electron chi connectivity index (χ0n) is 9.62. The SMILES string of the molecule is Nc1nccnc1-c1nc(-c2ccccc2F)no1. The van der Waals surface area contributed by atoms with E-state index in [0.717, 1.165) is 0 Å². The number of hydrogen-bond acceptors (Lipinski definition) is 6. The molecule has 0 fully saturated rings. The zero-order chi connectivity index (χ0) is 13.2. The Morgan fingerprint density at radius 3 is 2.68 bits per heavy atom. The van der Waals surface area contributed by atoms with Gasteiger partial charge in [-0.1, -0.05) is 17.3 Å². The van der Waals surface area contributed by atoms with Crippen LogP contribution in [0.2, 0.25) is 0 Å². The Labute approximate surface area is 107 Å². The summed E-state index contributed by atoms with van der Waals surface area (Å²) in [5.74, 6) is -0.0183. The van der Waals surface area contributed by atoms with E-state index < -0.39 is 5.82 Å². The third kappa shape index (κ3) is 2.01. The Bertz CT molecular complexity index is 667. The monoisotopic (exact) mass is 257 g/mol. The van der Waals surface area contributed by atoms with Crippen LogP contribution < -0.4 is 5.73 Å². The molecule has 0 amide bonds. The Hall–Kier alpha value is -2.83. The summed E-state index contributed by atoms with van der Waals surface area (Å²) in [4.78, 5) is 11.9. The molecule has 0 aliphatic carbocycles. The summed E-state index contributed by atoms with van der Waals surface area (Å²) in [6, 6.07) is 6.15.